The van der Waals surface area contributed by atoms with Crippen molar-refractivity contribution in [2.45, 2.75) is 12.6 Å². The molecule has 0 radical (unpaired) electrons. The van der Waals surface area contributed by atoms with Crippen LogP contribution in [0.3, 0.4) is 0 Å². The van der Waals surface area contributed by atoms with Crippen molar-refractivity contribution in [3.63, 3.8) is 0 Å². The first-order valence-electron chi connectivity index (χ1n) is 7.99. The molecule has 0 saturated carbocycles. The number of alkyl halides is 3. The Morgan fingerprint density at radius 1 is 1.11 bits per heavy atom. The molecule has 6 nitrogen and oxygen atoms in total. The van der Waals surface area contributed by atoms with Crippen LogP contribution in [0.5, 0.6) is 17.4 Å². The number of pyridine rings is 1. The number of ether oxygens (including phenoxy) is 2. The van der Waals surface area contributed by atoms with Crippen LogP contribution in [0.2, 0.25) is 5.02 Å². The minimum atomic E-state index is -4.57. The number of aromatic nitrogens is 3. The summed E-state index contributed by atoms with van der Waals surface area (Å²) in [5.41, 5.74) is -0.806. The second kappa shape index (κ2) is 8.30. The molecule has 0 bridgehead atoms. The number of benzene rings is 1. The number of rotatable bonds is 6. The molecule has 0 saturated heterocycles. The summed E-state index contributed by atoms with van der Waals surface area (Å²) in [7, 11) is 0. The average molecular weight is 412 g/mol. The Kier molecular flexibility index (Phi) is 5.84. The molecule has 1 aromatic carbocycles. The van der Waals surface area contributed by atoms with Gasteiger partial charge in [0.15, 0.2) is 0 Å². The molecular formula is C18H13ClF3N3O3. The van der Waals surface area contributed by atoms with Gasteiger partial charge in [0.2, 0.25) is 5.88 Å². The number of halogens is 4. The predicted molar refractivity (Wildman–Crippen MR) is 94.8 cm³/mol. The van der Waals surface area contributed by atoms with Crippen molar-refractivity contribution < 1.29 is 22.6 Å². The summed E-state index contributed by atoms with van der Waals surface area (Å²) in [6.07, 6.45) is -1.32. The Labute approximate surface area is 161 Å². The van der Waals surface area contributed by atoms with Crippen molar-refractivity contribution in [2.75, 3.05) is 6.61 Å². The molecule has 2 aromatic heterocycles. The summed E-state index contributed by atoms with van der Waals surface area (Å²) in [6.45, 7) is 0.246. The van der Waals surface area contributed by atoms with Crippen LogP contribution in [0.15, 0.2) is 53.6 Å². The summed E-state index contributed by atoms with van der Waals surface area (Å²) in [4.78, 5) is 21.2. The first-order valence-corrected chi connectivity index (χ1v) is 8.37. The third-order valence-electron chi connectivity index (χ3n) is 3.53. The van der Waals surface area contributed by atoms with Gasteiger partial charge in [0.25, 0.3) is 0 Å². The van der Waals surface area contributed by atoms with E-state index in [9.17, 15) is 18.0 Å². The van der Waals surface area contributed by atoms with Gasteiger partial charge in [0.1, 0.15) is 11.5 Å². The van der Waals surface area contributed by atoms with Gasteiger partial charge in [-0.05, 0) is 30.3 Å². The minimum Gasteiger partial charge on any atom is -0.477 e. The largest absolute Gasteiger partial charge is 0.477 e. The van der Waals surface area contributed by atoms with E-state index in [1.54, 1.807) is 12.1 Å². The maximum absolute atomic E-state index is 12.9. The average Bonchev–Trinajstić information content (AvgIpc) is 2.64. The zero-order chi connectivity index (χ0) is 20.1. The van der Waals surface area contributed by atoms with E-state index >= 15 is 0 Å². The fourth-order valence-electron chi connectivity index (χ4n) is 2.23. The fraction of sp³-hybridized carbons (Fsp3) is 0.167. The number of H-pyrrole nitrogens is 1. The summed E-state index contributed by atoms with van der Waals surface area (Å²) in [5, 5.41) is -0.400. The topological polar surface area (TPSA) is 77.1 Å². The molecule has 0 atom stereocenters. The van der Waals surface area contributed by atoms with E-state index in [0.717, 1.165) is 12.1 Å². The zero-order valence-corrected chi connectivity index (χ0v) is 14.9. The molecule has 2 heterocycles. The molecule has 0 spiro atoms. The lowest BCUT2D eigenvalue weighted by atomic mass is 10.2. The molecule has 0 unspecified atom stereocenters. The van der Waals surface area contributed by atoms with E-state index < -0.39 is 22.5 Å². The van der Waals surface area contributed by atoms with Crippen LogP contribution in [0.4, 0.5) is 13.2 Å². The molecule has 10 heteroatoms. The highest BCUT2D eigenvalue weighted by molar-refractivity contribution is 6.31. The van der Waals surface area contributed by atoms with Gasteiger partial charge in [0, 0.05) is 24.4 Å². The Bertz CT molecular complexity index is 1010. The van der Waals surface area contributed by atoms with Crippen LogP contribution in [0, 0.1) is 0 Å². The van der Waals surface area contributed by atoms with E-state index in [2.05, 4.69) is 15.0 Å². The van der Waals surface area contributed by atoms with Gasteiger partial charge in [0.05, 0.1) is 23.4 Å². The van der Waals surface area contributed by atoms with E-state index in [-0.39, 0.29) is 24.0 Å². The number of nitrogens with one attached hydrogen (secondary N) is 1. The third kappa shape index (κ3) is 5.23. The summed E-state index contributed by atoms with van der Waals surface area (Å²) < 4.78 is 49.4. The smallest absolute Gasteiger partial charge is 0.417 e. The van der Waals surface area contributed by atoms with Crippen molar-refractivity contribution in [1.29, 1.82) is 0 Å². The molecule has 146 valence electrons. The Balaban J connectivity index is 1.59. The Morgan fingerprint density at radius 3 is 2.57 bits per heavy atom. The van der Waals surface area contributed by atoms with Crippen LogP contribution in [-0.4, -0.2) is 21.6 Å². The summed E-state index contributed by atoms with van der Waals surface area (Å²) in [6, 6.07) is 8.06. The monoisotopic (exact) mass is 411 g/mol. The molecular weight excluding hydrogens is 399 g/mol. The minimum absolute atomic E-state index is 0.00465. The number of aromatic amines is 1. The van der Waals surface area contributed by atoms with Crippen LogP contribution >= 0.6 is 11.6 Å². The van der Waals surface area contributed by atoms with Crippen LogP contribution in [0.1, 0.15) is 11.3 Å². The SMILES string of the molecule is O=c1nc(OCCc2ccc(Oc3ccc(Cl)c(C(F)(F)F)c3)cn2)cc[nH]1. The molecule has 0 aliphatic carbocycles. The number of hydrogen-bond donors (Lipinski definition) is 1. The molecule has 3 aromatic rings. The van der Waals surface area contributed by atoms with Crippen molar-refractivity contribution in [3.8, 4) is 17.4 Å². The van der Waals surface area contributed by atoms with Crippen molar-refractivity contribution >= 4 is 11.6 Å². The van der Waals surface area contributed by atoms with Crippen LogP contribution in [0.25, 0.3) is 0 Å². The zero-order valence-electron chi connectivity index (χ0n) is 14.2. The van der Waals surface area contributed by atoms with Crippen molar-refractivity contribution in [3.05, 3.63) is 75.6 Å². The molecule has 1 N–H and O–H groups in total. The van der Waals surface area contributed by atoms with Crippen molar-refractivity contribution in [2.24, 2.45) is 0 Å². The lowest BCUT2D eigenvalue weighted by molar-refractivity contribution is -0.137. The first-order chi connectivity index (χ1) is 13.3. The molecule has 0 amide bonds. The van der Waals surface area contributed by atoms with Crippen LogP contribution < -0.4 is 15.2 Å². The number of nitrogens with zero attached hydrogens (tertiary/aromatic N) is 2. The highest BCUT2D eigenvalue weighted by Crippen LogP contribution is 2.37. The molecule has 28 heavy (non-hydrogen) atoms. The van der Waals surface area contributed by atoms with Gasteiger partial charge in [-0.2, -0.15) is 18.2 Å². The van der Waals surface area contributed by atoms with E-state index in [1.165, 1.54) is 24.5 Å². The van der Waals surface area contributed by atoms with E-state index in [1.807, 2.05) is 0 Å². The van der Waals surface area contributed by atoms with Gasteiger partial charge in [-0.25, -0.2) is 4.79 Å². The lowest BCUT2D eigenvalue weighted by Gasteiger charge is -2.12. The first kappa shape index (κ1) is 19.7. The second-order valence-electron chi connectivity index (χ2n) is 5.56. The van der Waals surface area contributed by atoms with E-state index in [0.29, 0.717) is 12.1 Å². The van der Waals surface area contributed by atoms with Crippen molar-refractivity contribution in [1.82, 2.24) is 15.0 Å². The van der Waals surface area contributed by atoms with Crippen LogP contribution in [-0.2, 0) is 12.6 Å². The summed E-state index contributed by atoms with van der Waals surface area (Å²) >= 11 is 5.58. The Morgan fingerprint density at radius 2 is 1.89 bits per heavy atom. The van der Waals surface area contributed by atoms with Gasteiger partial charge in [-0.15, -0.1) is 0 Å². The second-order valence-corrected chi connectivity index (χ2v) is 5.97. The third-order valence-corrected chi connectivity index (χ3v) is 3.86. The highest BCUT2D eigenvalue weighted by atomic mass is 35.5. The molecule has 0 fully saturated rings. The molecule has 0 aliphatic rings. The quantitative estimate of drug-likeness (QED) is 0.656. The molecule has 3 rings (SSSR count). The normalized spacial score (nSPS) is 11.3. The Hall–Kier alpha value is -3.07. The maximum Gasteiger partial charge on any atom is 0.417 e. The van der Waals surface area contributed by atoms with Gasteiger partial charge < -0.3 is 14.5 Å². The van der Waals surface area contributed by atoms with E-state index in [4.69, 9.17) is 21.1 Å². The number of hydrogen-bond acceptors (Lipinski definition) is 5. The predicted octanol–water partition coefficient (Wildman–Crippen LogP) is 4.25. The van der Waals surface area contributed by atoms with Gasteiger partial charge >= 0.3 is 11.9 Å². The molecule has 0 aliphatic heterocycles. The standard InChI is InChI=1S/C18H13ClF3N3O3/c19-15-4-3-12(9-14(15)18(20,21)22)28-13-2-1-11(24-10-13)6-8-27-16-5-7-23-17(26)25-16/h1-5,7,9-10H,6,8H2,(H,23,25,26). The lowest BCUT2D eigenvalue weighted by Crippen LogP contribution is -2.12. The fourth-order valence-corrected chi connectivity index (χ4v) is 2.46. The maximum atomic E-state index is 12.9. The highest BCUT2D eigenvalue weighted by Gasteiger charge is 2.33. The van der Waals surface area contributed by atoms with Gasteiger partial charge in [-0.1, -0.05) is 11.6 Å². The summed E-state index contributed by atoms with van der Waals surface area (Å²) in [5.74, 6) is 0.471. The van der Waals surface area contributed by atoms with Gasteiger partial charge in [-0.3, -0.25) is 4.98 Å².